The van der Waals surface area contributed by atoms with E-state index >= 15 is 0 Å². The predicted molar refractivity (Wildman–Crippen MR) is 92.2 cm³/mol. The van der Waals surface area contributed by atoms with Gasteiger partial charge in [0.1, 0.15) is 0 Å². The number of likely N-dealkylation sites (tertiary alicyclic amines) is 1. The van der Waals surface area contributed by atoms with E-state index in [1.807, 2.05) is 11.8 Å². The Hall–Kier alpha value is -0.610. The van der Waals surface area contributed by atoms with E-state index in [0.717, 1.165) is 19.0 Å². The van der Waals surface area contributed by atoms with Crippen LogP contribution in [-0.2, 0) is 0 Å². The zero-order valence-electron chi connectivity index (χ0n) is 13.5. The van der Waals surface area contributed by atoms with Gasteiger partial charge in [0.05, 0.1) is 5.70 Å². The Morgan fingerprint density at radius 3 is 2.67 bits per heavy atom. The quantitative estimate of drug-likeness (QED) is 0.841. The first kappa shape index (κ1) is 15.3. The molecular weight excluding hydrogens is 278 g/mol. The molecule has 2 heterocycles. The lowest BCUT2D eigenvalue weighted by atomic mass is 9.89. The normalized spacial score (nSPS) is 29.5. The van der Waals surface area contributed by atoms with Crippen molar-refractivity contribution in [1.82, 2.24) is 15.1 Å². The maximum atomic E-state index is 3.67. The lowest BCUT2D eigenvalue weighted by molar-refractivity contribution is 0.318. The number of nitrogens with one attached hydrogen (secondary N) is 1. The number of hydrogen-bond acceptors (Lipinski definition) is 4. The summed E-state index contributed by atoms with van der Waals surface area (Å²) in [6, 6.07) is 0.669. The molecule has 0 bridgehead atoms. The van der Waals surface area contributed by atoms with Gasteiger partial charge in [-0.05, 0) is 45.1 Å². The van der Waals surface area contributed by atoms with Gasteiger partial charge in [-0.25, -0.2) is 0 Å². The molecule has 21 heavy (non-hydrogen) atoms. The molecule has 2 saturated heterocycles. The van der Waals surface area contributed by atoms with Crippen molar-refractivity contribution in [3.8, 4) is 0 Å². The molecule has 2 atom stereocenters. The van der Waals surface area contributed by atoms with Gasteiger partial charge in [-0.15, -0.1) is 11.8 Å². The van der Waals surface area contributed by atoms with Gasteiger partial charge in [0, 0.05) is 49.5 Å². The zero-order chi connectivity index (χ0) is 14.7. The predicted octanol–water partition coefficient (Wildman–Crippen LogP) is 2.87. The molecule has 0 amide bonds. The van der Waals surface area contributed by atoms with Crippen LogP contribution in [0.5, 0.6) is 0 Å². The summed E-state index contributed by atoms with van der Waals surface area (Å²) < 4.78 is 0. The molecule has 0 aromatic heterocycles. The summed E-state index contributed by atoms with van der Waals surface area (Å²) in [5, 5.41) is 3.67. The van der Waals surface area contributed by atoms with E-state index in [9.17, 15) is 0 Å². The van der Waals surface area contributed by atoms with E-state index in [0.29, 0.717) is 12.0 Å². The van der Waals surface area contributed by atoms with Crippen molar-refractivity contribution in [3.05, 3.63) is 23.5 Å². The van der Waals surface area contributed by atoms with Gasteiger partial charge in [0.25, 0.3) is 0 Å². The van der Waals surface area contributed by atoms with Crippen molar-refractivity contribution in [2.45, 2.75) is 39.2 Å². The van der Waals surface area contributed by atoms with Gasteiger partial charge in [0.2, 0.25) is 0 Å². The SMILES string of the molecule is CCN(CC)C1=C(N2CCCC2)CC(C2CSCN2)C=C1. The van der Waals surface area contributed by atoms with Crippen molar-refractivity contribution >= 4 is 11.8 Å². The molecule has 118 valence electrons. The van der Waals surface area contributed by atoms with E-state index in [1.54, 1.807) is 5.70 Å². The van der Waals surface area contributed by atoms with E-state index in [-0.39, 0.29) is 0 Å². The fourth-order valence-electron chi connectivity index (χ4n) is 3.80. The standard InChI is InChI=1S/C17H29N3S/c1-3-19(4-2)16-8-7-14(15-12-21-13-18-15)11-17(16)20-9-5-6-10-20/h7-8,14-15,18H,3-6,9-13H2,1-2H3. The van der Waals surface area contributed by atoms with Crippen LogP contribution in [0, 0.1) is 5.92 Å². The van der Waals surface area contributed by atoms with Crippen LogP contribution in [0.1, 0.15) is 33.1 Å². The van der Waals surface area contributed by atoms with Crippen molar-refractivity contribution in [3.63, 3.8) is 0 Å². The van der Waals surface area contributed by atoms with Gasteiger partial charge in [-0.3, -0.25) is 0 Å². The fourth-order valence-corrected chi connectivity index (χ4v) is 4.87. The van der Waals surface area contributed by atoms with Crippen molar-refractivity contribution < 1.29 is 0 Å². The van der Waals surface area contributed by atoms with E-state index in [1.165, 1.54) is 43.8 Å². The third-order valence-corrected chi connectivity index (χ3v) is 6.05. The van der Waals surface area contributed by atoms with Crippen LogP contribution in [0.15, 0.2) is 23.5 Å². The molecule has 3 rings (SSSR count). The van der Waals surface area contributed by atoms with E-state index < -0.39 is 0 Å². The maximum Gasteiger partial charge on any atom is 0.0558 e. The molecular formula is C17H29N3S. The average molecular weight is 308 g/mol. The highest BCUT2D eigenvalue weighted by molar-refractivity contribution is 7.99. The first-order valence-corrected chi connectivity index (χ1v) is 9.71. The molecule has 0 aromatic rings. The Kier molecular flexibility index (Phi) is 5.17. The Morgan fingerprint density at radius 1 is 1.29 bits per heavy atom. The molecule has 1 N–H and O–H groups in total. The van der Waals surface area contributed by atoms with Gasteiger partial charge in [0.15, 0.2) is 0 Å². The van der Waals surface area contributed by atoms with Crippen LogP contribution in [-0.4, -0.2) is 53.7 Å². The molecule has 0 radical (unpaired) electrons. The average Bonchev–Trinajstić information content (AvgIpc) is 3.22. The first-order chi connectivity index (χ1) is 10.3. The molecule has 0 saturated carbocycles. The molecule has 1 aliphatic carbocycles. The summed E-state index contributed by atoms with van der Waals surface area (Å²) in [6.07, 6.45) is 8.83. The summed E-state index contributed by atoms with van der Waals surface area (Å²) in [5.41, 5.74) is 3.10. The maximum absolute atomic E-state index is 3.67. The van der Waals surface area contributed by atoms with Gasteiger partial charge in [-0.1, -0.05) is 6.08 Å². The van der Waals surface area contributed by atoms with Crippen LogP contribution in [0.3, 0.4) is 0 Å². The van der Waals surface area contributed by atoms with Crippen molar-refractivity contribution in [1.29, 1.82) is 0 Å². The highest BCUT2D eigenvalue weighted by Gasteiger charge is 2.30. The Labute approximate surface area is 133 Å². The van der Waals surface area contributed by atoms with Gasteiger partial charge >= 0.3 is 0 Å². The minimum absolute atomic E-state index is 0.669. The third kappa shape index (κ3) is 3.26. The number of hydrogen-bond donors (Lipinski definition) is 1. The second kappa shape index (κ2) is 7.10. The third-order valence-electron chi connectivity index (χ3n) is 5.08. The van der Waals surface area contributed by atoms with Crippen LogP contribution in [0.2, 0.25) is 0 Å². The molecule has 0 spiro atoms. The first-order valence-electron chi connectivity index (χ1n) is 8.55. The van der Waals surface area contributed by atoms with Crippen LogP contribution >= 0.6 is 11.8 Å². The topological polar surface area (TPSA) is 18.5 Å². The summed E-state index contributed by atoms with van der Waals surface area (Å²) >= 11 is 2.04. The lowest BCUT2D eigenvalue weighted by Crippen LogP contribution is -2.37. The number of likely N-dealkylation sites (N-methyl/N-ethyl adjacent to an activating group) is 1. The Morgan fingerprint density at radius 2 is 2.05 bits per heavy atom. The Balaban J connectivity index is 1.81. The van der Waals surface area contributed by atoms with Gasteiger partial charge < -0.3 is 15.1 Å². The number of thioether (sulfide) groups is 1. The minimum Gasteiger partial charge on any atom is -0.373 e. The van der Waals surface area contributed by atoms with Gasteiger partial charge in [-0.2, -0.15) is 0 Å². The monoisotopic (exact) mass is 307 g/mol. The van der Waals surface area contributed by atoms with E-state index in [4.69, 9.17) is 0 Å². The molecule has 3 nitrogen and oxygen atoms in total. The molecule has 3 aliphatic rings. The lowest BCUT2D eigenvalue weighted by Gasteiger charge is -2.36. The summed E-state index contributed by atoms with van der Waals surface area (Å²) in [6.45, 7) is 9.27. The Bertz CT molecular complexity index is 402. The molecule has 4 heteroatoms. The number of allylic oxidation sites excluding steroid dienone is 2. The van der Waals surface area contributed by atoms with Crippen LogP contribution < -0.4 is 5.32 Å². The highest BCUT2D eigenvalue weighted by Crippen LogP contribution is 2.34. The zero-order valence-corrected chi connectivity index (χ0v) is 14.3. The van der Waals surface area contributed by atoms with Crippen molar-refractivity contribution in [2.75, 3.05) is 37.8 Å². The smallest absolute Gasteiger partial charge is 0.0558 e. The molecule has 2 fully saturated rings. The van der Waals surface area contributed by atoms with Crippen molar-refractivity contribution in [2.24, 2.45) is 5.92 Å². The molecule has 2 aliphatic heterocycles. The van der Waals surface area contributed by atoms with E-state index in [2.05, 4.69) is 41.1 Å². The minimum atomic E-state index is 0.669. The van der Waals surface area contributed by atoms with Crippen LogP contribution in [0.25, 0.3) is 0 Å². The van der Waals surface area contributed by atoms with Crippen LogP contribution in [0.4, 0.5) is 0 Å². The number of nitrogens with zero attached hydrogens (tertiary/aromatic N) is 2. The second-order valence-electron chi connectivity index (χ2n) is 6.25. The molecule has 0 aromatic carbocycles. The molecule has 2 unspecified atom stereocenters. The fraction of sp³-hybridized carbons (Fsp3) is 0.765. The summed E-state index contributed by atoms with van der Waals surface area (Å²) in [7, 11) is 0. The summed E-state index contributed by atoms with van der Waals surface area (Å²) in [5.74, 6) is 3.07. The second-order valence-corrected chi connectivity index (χ2v) is 7.28. The highest BCUT2D eigenvalue weighted by atomic mass is 32.2. The number of rotatable bonds is 5. The summed E-state index contributed by atoms with van der Waals surface area (Å²) in [4.78, 5) is 5.18. The largest absolute Gasteiger partial charge is 0.373 e.